The number of nitro benzene ring substituents is 1. The predicted octanol–water partition coefficient (Wildman–Crippen LogP) is 2.18. The predicted molar refractivity (Wildman–Crippen MR) is 89.5 cm³/mol. The number of esters is 1. The first-order valence-electron chi connectivity index (χ1n) is 7.83. The highest BCUT2D eigenvalue weighted by Crippen LogP contribution is 2.30. The third kappa shape index (κ3) is 4.10. The largest absolute Gasteiger partial charge is 0.456 e. The molecule has 25 heavy (non-hydrogen) atoms. The summed E-state index contributed by atoms with van der Waals surface area (Å²) in [6.45, 7) is 2.20. The molecule has 0 amide bonds. The molecule has 0 radical (unpaired) electrons. The van der Waals surface area contributed by atoms with Gasteiger partial charge in [-0.15, -0.1) is 0 Å². The van der Waals surface area contributed by atoms with Gasteiger partial charge >= 0.3 is 5.97 Å². The van der Waals surface area contributed by atoms with Gasteiger partial charge in [0.25, 0.3) is 5.69 Å². The van der Waals surface area contributed by atoms with E-state index in [1.54, 1.807) is 36.5 Å². The second kappa shape index (κ2) is 7.71. The SMILES string of the molecule is O=C(OCc1ccccn1)c1ccc(N2CCOCC2)c([N+](=O)[O-])c1. The smallest absolute Gasteiger partial charge is 0.338 e. The van der Waals surface area contributed by atoms with E-state index in [9.17, 15) is 14.9 Å². The van der Waals surface area contributed by atoms with Gasteiger partial charge in [-0.1, -0.05) is 6.07 Å². The molecule has 1 aromatic carbocycles. The van der Waals surface area contributed by atoms with Crippen molar-refractivity contribution >= 4 is 17.3 Å². The lowest BCUT2D eigenvalue weighted by atomic mass is 10.1. The molecule has 2 heterocycles. The highest BCUT2D eigenvalue weighted by Gasteiger charge is 2.23. The van der Waals surface area contributed by atoms with E-state index in [2.05, 4.69) is 4.98 Å². The fraction of sp³-hybridized carbons (Fsp3) is 0.294. The number of pyridine rings is 1. The van der Waals surface area contributed by atoms with Gasteiger partial charge in [0.1, 0.15) is 12.3 Å². The minimum absolute atomic E-state index is 0.0126. The van der Waals surface area contributed by atoms with Crippen molar-refractivity contribution in [3.8, 4) is 0 Å². The van der Waals surface area contributed by atoms with Gasteiger partial charge in [-0.05, 0) is 24.3 Å². The molecule has 1 fully saturated rings. The summed E-state index contributed by atoms with van der Waals surface area (Å²) in [6.07, 6.45) is 1.60. The molecule has 130 valence electrons. The standard InChI is InChI=1S/C17H17N3O5/c21-17(25-12-14-3-1-2-6-18-14)13-4-5-15(16(11-13)20(22)23)19-7-9-24-10-8-19/h1-6,11H,7-10,12H2. The van der Waals surface area contributed by atoms with Crippen LogP contribution in [0, 0.1) is 10.1 Å². The van der Waals surface area contributed by atoms with E-state index in [1.165, 1.54) is 6.07 Å². The van der Waals surface area contributed by atoms with E-state index in [1.807, 2.05) is 4.90 Å². The van der Waals surface area contributed by atoms with E-state index in [0.717, 1.165) is 0 Å². The number of anilines is 1. The third-order valence-corrected chi connectivity index (χ3v) is 3.84. The van der Waals surface area contributed by atoms with Gasteiger partial charge in [0.15, 0.2) is 0 Å². The first-order valence-corrected chi connectivity index (χ1v) is 7.83. The van der Waals surface area contributed by atoms with Crippen LogP contribution in [0.3, 0.4) is 0 Å². The molecule has 1 aliphatic heterocycles. The van der Waals surface area contributed by atoms with Crippen LogP contribution < -0.4 is 4.90 Å². The number of aromatic nitrogens is 1. The van der Waals surface area contributed by atoms with Crippen molar-refractivity contribution in [3.05, 3.63) is 64.0 Å². The lowest BCUT2D eigenvalue weighted by molar-refractivity contribution is -0.384. The third-order valence-electron chi connectivity index (χ3n) is 3.84. The Bertz CT molecular complexity index is 760. The van der Waals surface area contributed by atoms with Gasteiger partial charge in [-0.25, -0.2) is 4.79 Å². The summed E-state index contributed by atoms with van der Waals surface area (Å²) in [4.78, 5) is 29.0. The maximum atomic E-state index is 12.2. The van der Waals surface area contributed by atoms with Gasteiger partial charge in [0.05, 0.1) is 29.4 Å². The molecule has 1 saturated heterocycles. The number of ether oxygens (including phenoxy) is 2. The van der Waals surface area contributed by atoms with Gasteiger partial charge < -0.3 is 14.4 Å². The fourth-order valence-corrected chi connectivity index (χ4v) is 2.57. The fourth-order valence-electron chi connectivity index (χ4n) is 2.57. The molecule has 0 saturated carbocycles. The molecule has 0 aliphatic carbocycles. The lowest BCUT2D eigenvalue weighted by Gasteiger charge is -2.28. The second-order valence-electron chi connectivity index (χ2n) is 5.46. The number of rotatable bonds is 5. The summed E-state index contributed by atoms with van der Waals surface area (Å²) in [6, 6.07) is 9.67. The van der Waals surface area contributed by atoms with Crippen LogP contribution in [-0.4, -0.2) is 42.2 Å². The summed E-state index contributed by atoms with van der Waals surface area (Å²) in [7, 11) is 0. The van der Waals surface area contributed by atoms with E-state index in [0.29, 0.717) is 37.7 Å². The maximum Gasteiger partial charge on any atom is 0.338 e. The van der Waals surface area contributed by atoms with Gasteiger partial charge in [0.2, 0.25) is 0 Å². The molecule has 1 aliphatic rings. The van der Waals surface area contributed by atoms with E-state index in [-0.39, 0.29) is 17.9 Å². The van der Waals surface area contributed by atoms with Crippen LogP contribution in [0.15, 0.2) is 42.6 Å². The summed E-state index contributed by atoms with van der Waals surface area (Å²) in [5.41, 5.74) is 1.11. The van der Waals surface area contributed by atoms with Crippen LogP contribution in [0.1, 0.15) is 16.1 Å². The van der Waals surface area contributed by atoms with Crippen molar-refractivity contribution in [2.75, 3.05) is 31.2 Å². The molecular formula is C17H17N3O5. The Morgan fingerprint density at radius 1 is 1.28 bits per heavy atom. The zero-order valence-electron chi connectivity index (χ0n) is 13.5. The summed E-state index contributed by atoms with van der Waals surface area (Å²) in [5, 5.41) is 11.4. The van der Waals surface area contributed by atoms with Crippen molar-refractivity contribution in [3.63, 3.8) is 0 Å². The first kappa shape index (κ1) is 16.8. The van der Waals surface area contributed by atoms with Crippen LogP contribution in [0.25, 0.3) is 0 Å². The van der Waals surface area contributed by atoms with Crippen molar-refractivity contribution in [2.24, 2.45) is 0 Å². The monoisotopic (exact) mass is 343 g/mol. The molecule has 8 nitrogen and oxygen atoms in total. The van der Waals surface area contributed by atoms with Gasteiger partial charge in [-0.2, -0.15) is 0 Å². The maximum absolute atomic E-state index is 12.2. The average Bonchev–Trinajstić information content (AvgIpc) is 2.67. The molecule has 0 N–H and O–H groups in total. The zero-order valence-corrected chi connectivity index (χ0v) is 13.5. The minimum Gasteiger partial charge on any atom is -0.456 e. The van der Waals surface area contributed by atoms with E-state index in [4.69, 9.17) is 9.47 Å². The number of benzene rings is 1. The number of hydrogen-bond acceptors (Lipinski definition) is 7. The lowest BCUT2D eigenvalue weighted by Crippen LogP contribution is -2.36. The molecule has 3 rings (SSSR count). The molecule has 0 spiro atoms. The first-order chi connectivity index (χ1) is 12.1. The highest BCUT2D eigenvalue weighted by molar-refractivity contribution is 5.91. The second-order valence-corrected chi connectivity index (χ2v) is 5.46. The molecule has 0 unspecified atom stereocenters. The van der Waals surface area contributed by atoms with Crippen molar-refractivity contribution in [1.82, 2.24) is 4.98 Å². The molecule has 0 atom stereocenters. The van der Waals surface area contributed by atoms with Crippen molar-refractivity contribution in [2.45, 2.75) is 6.61 Å². The van der Waals surface area contributed by atoms with Crippen LogP contribution in [0.5, 0.6) is 0 Å². The van der Waals surface area contributed by atoms with Crippen LogP contribution >= 0.6 is 0 Å². The molecule has 1 aromatic heterocycles. The summed E-state index contributed by atoms with van der Waals surface area (Å²) >= 11 is 0. The average molecular weight is 343 g/mol. The van der Waals surface area contributed by atoms with E-state index >= 15 is 0 Å². The van der Waals surface area contributed by atoms with Crippen molar-refractivity contribution in [1.29, 1.82) is 0 Å². The Morgan fingerprint density at radius 2 is 2.08 bits per heavy atom. The number of carbonyl (C=O) groups is 1. The van der Waals surface area contributed by atoms with Crippen LogP contribution in [0.2, 0.25) is 0 Å². The number of hydrogen-bond donors (Lipinski definition) is 0. The Hall–Kier alpha value is -3.00. The number of nitrogens with zero attached hydrogens (tertiary/aromatic N) is 3. The number of carbonyl (C=O) groups excluding carboxylic acids is 1. The van der Waals surface area contributed by atoms with Gasteiger partial charge in [0, 0.05) is 25.4 Å². The quantitative estimate of drug-likeness (QED) is 0.466. The molecule has 0 bridgehead atoms. The Labute approximate surface area is 144 Å². The molecule has 8 heteroatoms. The molecule has 2 aromatic rings. The topological polar surface area (TPSA) is 94.8 Å². The summed E-state index contributed by atoms with van der Waals surface area (Å²) < 4.78 is 10.4. The van der Waals surface area contributed by atoms with Crippen LogP contribution in [-0.2, 0) is 16.1 Å². The number of morpholine rings is 1. The Kier molecular flexibility index (Phi) is 5.20. The number of nitro groups is 1. The Morgan fingerprint density at radius 3 is 2.76 bits per heavy atom. The summed E-state index contributed by atoms with van der Waals surface area (Å²) in [5.74, 6) is -0.623. The van der Waals surface area contributed by atoms with E-state index < -0.39 is 10.9 Å². The zero-order chi connectivity index (χ0) is 17.6. The van der Waals surface area contributed by atoms with Crippen molar-refractivity contribution < 1.29 is 19.2 Å². The normalized spacial score (nSPS) is 14.2. The highest BCUT2D eigenvalue weighted by atomic mass is 16.6. The minimum atomic E-state index is -0.623. The molecular weight excluding hydrogens is 326 g/mol. The van der Waals surface area contributed by atoms with Crippen LogP contribution in [0.4, 0.5) is 11.4 Å². The Balaban J connectivity index is 1.76. The van der Waals surface area contributed by atoms with Gasteiger partial charge in [-0.3, -0.25) is 15.1 Å².